The van der Waals surface area contributed by atoms with Crippen molar-refractivity contribution >= 4 is 0 Å². The molecule has 0 heterocycles. The average Bonchev–Trinajstić information content (AvgIpc) is 1.97. The van der Waals surface area contributed by atoms with E-state index in [9.17, 15) is 0 Å². The minimum Gasteiger partial charge on any atom is -0.103 e. The lowest BCUT2D eigenvalue weighted by atomic mass is 10.2. The van der Waals surface area contributed by atoms with Crippen molar-refractivity contribution in [3.8, 4) is 0 Å². The third-order valence-electron chi connectivity index (χ3n) is 1.40. The Hall–Kier alpha value is -0.520. The molecule has 0 saturated heterocycles. The Labute approximate surface area is 64.6 Å². The van der Waals surface area contributed by atoms with Gasteiger partial charge in [0, 0.05) is 0 Å². The van der Waals surface area contributed by atoms with Gasteiger partial charge in [-0.05, 0) is 25.7 Å². The molecule has 0 rings (SSSR count). The summed E-state index contributed by atoms with van der Waals surface area (Å²) >= 11 is 0. The number of rotatable bonds is 6. The number of unbranched alkanes of at least 4 members (excludes halogenated alkanes) is 3. The highest BCUT2D eigenvalue weighted by atomic mass is 13.8. The summed E-state index contributed by atoms with van der Waals surface area (Å²) in [5, 5.41) is 0. The standard InChI is InChI=1S/C10H18/c1-3-5-7-9-10-8-6-4-2/h3,8,10H,1,4-7,9H2,2H3/b10-8-. The molecular weight excluding hydrogens is 120 g/mol. The van der Waals surface area contributed by atoms with Crippen LogP contribution in [-0.4, -0.2) is 0 Å². The van der Waals surface area contributed by atoms with Crippen LogP contribution in [0.1, 0.15) is 39.0 Å². The van der Waals surface area contributed by atoms with Crippen molar-refractivity contribution in [3.63, 3.8) is 0 Å². The van der Waals surface area contributed by atoms with E-state index in [-0.39, 0.29) is 0 Å². The summed E-state index contributed by atoms with van der Waals surface area (Å²) in [5.74, 6) is 0. The van der Waals surface area contributed by atoms with Crippen molar-refractivity contribution in [2.75, 3.05) is 0 Å². The van der Waals surface area contributed by atoms with E-state index in [0.717, 1.165) is 6.42 Å². The molecule has 0 heteroatoms. The third-order valence-corrected chi connectivity index (χ3v) is 1.40. The van der Waals surface area contributed by atoms with Crippen LogP contribution in [0.3, 0.4) is 0 Å². The van der Waals surface area contributed by atoms with E-state index < -0.39 is 0 Å². The van der Waals surface area contributed by atoms with Crippen molar-refractivity contribution in [2.45, 2.75) is 39.0 Å². The average molecular weight is 138 g/mol. The predicted octanol–water partition coefficient (Wildman–Crippen LogP) is 3.70. The van der Waals surface area contributed by atoms with Crippen LogP contribution in [0.25, 0.3) is 0 Å². The van der Waals surface area contributed by atoms with Crippen LogP contribution in [0, 0.1) is 0 Å². The van der Waals surface area contributed by atoms with E-state index in [2.05, 4.69) is 25.7 Å². The Morgan fingerprint density at radius 1 is 1.10 bits per heavy atom. The molecule has 0 amide bonds. The fourth-order valence-electron chi connectivity index (χ4n) is 0.782. The van der Waals surface area contributed by atoms with Gasteiger partial charge in [0.1, 0.15) is 0 Å². The van der Waals surface area contributed by atoms with Gasteiger partial charge in [0.05, 0.1) is 0 Å². The van der Waals surface area contributed by atoms with Crippen molar-refractivity contribution in [2.24, 2.45) is 0 Å². The topological polar surface area (TPSA) is 0 Å². The molecule has 0 N–H and O–H groups in total. The quantitative estimate of drug-likeness (QED) is 0.388. The van der Waals surface area contributed by atoms with E-state index in [4.69, 9.17) is 0 Å². The smallest absolute Gasteiger partial charge is 0.0348 e. The molecule has 0 nitrogen and oxygen atoms in total. The number of hydrogen-bond acceptors (Lipinski definition) is 0. The monoisotopic (exact) mass is 138 g/mol. The Bertz CT molecular complexity index is 90.2. The molecule has 58 valence electrons. The molecule has 0 aromatic rings. The Kier molecular flexibility index (Phi) is 8.04. The molecule has 0 saturated carbocycles. The second-order valence-corrected chi connectivity index (χ2v) is 2.48. The molecule has 0 aliphatic rings. The first kappa shape index (κ1) is 9.48. The van der Waals surface area contributed by atoms with Crippen LogP contribution < -0.4 is 0 Å². The van der Waals surface area contributed by atoms with E-state index in [1.165, 1.54) is 25.7 Å². The van der Waals surface area contributed by atoms with Crippen LogP contribution in [0.5, 0.6) is 0 Å². The minimum atomic E-state index is 1.15. The summed E-state index contributed by atoms with van der Waals surface area (Å²) in [6.07, 6.45) is 12.6. The van der Waals surface area contributed by atoms with E-state index in [1.54, 1.807) is 0 Å². The van der Waals surface area contributed by atoms with Gasteiger partial charge in [-0.1, -0.05) is 31.6 Å². The number of hydrogen-bond donors (Lipinski definition) is 0. The van der Waals surface area contributed by atoms with Crippen molar-refractivity contribution in [1.82, 2.24) is 0 Å². The van der Waals surface area contributed by atoms with Gasteiger partial charge in [-0.3, -0.25) is 0 Å². The van der Waals surface area contributed by atoms with Crippen molar-refractivity contribution < 1.29 is 0 Å². The van der Waals surface area contributed by atoms with Crippen LogP contribution >= 0.6 is 0 Å². The summed E-state index contributed by atoms with van der Waals surface area (Å²) in [5.41, 5.74) is 0. The van der Waals surface area contributed by atoms with Gasteiger partial charge < -0.3 is 0 Å². The zero-order valence-corrected chi connectivity index (χ0v) is 6.97. The van der Waals surface area contributed by atoms with Gasteiger partial charge in [-0.2, -0.15) is 0 Å². The van der Waals surface area contributed by atoms with Crippen LogP contribution in [0.4, 0.5) is 0 Å². The highest BCUT2D eigenvalue weighted by Crippen LogP contribution is 1.98. The maximum atomic E-state index is 3.67. The molecule has 0 aliphatic carbocycles. The van der Waals surface area contributed by atoms with Crippen LogP contribution in [-0.2, 0) is 0 Å². The summed E-state index contributed by atoms with van der Waals surface area (Å²) in [6.45, 7) is 5.87. The molecule has 0 bridgehead atoms. The zero-order chi connectivity index (χ0) is 7.66. The van der Waals surface area contributed by atoms with Gasteiger partial charge in [-0.15, -0.1) is 6.58 Å². The third kappa shape index (κ3) is 7.48. The Morgan fingerprint density at radius 3 is 2.40 bits per heavy atom. The molecule has 0 radical (unpaired) electrons. The SMILES string of the molecule is C=CCCC/C=C\CCC. The molecule has 0 fully saturated rings. The van der Waals surface area contributed by atoms with Gasteiger partial charge in [0.2, 0.25) is 0 Å². The minimum absolute atomic E-state index is 1.15. The second-order valence-electron chi connectivity index (χ2n) is 2.48. The normalized spacial score (nSPS) is 10.5. The maximum absolute atomic E-state index is 3.67. The lowest BCUT2D eigenvalue weighted by molar-refractivity contribution is 0.860. The highest BCUT2D eigenvalue weighted by Gasteiger charge is 1.78. The molecule has 0 aliphatic heterocycles. The first-order valence-corrected chi connectivity index (χ1v) is 4.17. The second kappa shape index (κ2) is 8.48. The molecular formula is C10H18. The van der Waals surface area contributed by atoms with E-state index >= 15 is 0 Å². The molecule has 10 heavy (non-hydrogen) atoms. The molecule has 0 aromatic carbocycles. The lowest BCUT2D eigenvalue weighted by Crippen LogP contribution is -1.68. The molecule has 0 unspecified atom stereocenters. The molecule has 0 aromatic heterocycles. The summed E-state index contributed by atoms with van der Waals surface area (Å²) in [4.78, 5) is 0. The fraction of sp³-hybridized carbons (Fsp3) is 0.600. The van der Waals surface area contributed by atoms with Gasteiger partial charge in [0.25, 0.3) is 0 Å². The van der Waals surface area contributed by atoms with Crippen molar-refractivity contribution in [3.05, 3.63) is 24.8 Å². The van der Waals surface area contributed by atoms with E-state index in [0.29, 0.717) is 0 Å². The molecule has 0 spiro atoms. The first-order chi connectivity index (χ1) is 4.91. The Morgan fingerprint density at radius 2 is 1.80 bits per heavy atom. The van der Waals surface area contributed by atoms with Crippen molar-refractivity contribution in [1.29, 1.82) is 0 Å². The van der Waals surface area contributed by atoms with Gasteiger partial charge in [-0.25, -0.2) is 0 Å². The predicted molar refractivity (Wildman–Crippen MR) is 48.1 cm³/mol. The summed E-state index contributed by atoms with van der Waals surface area (Å²) in [7, 11) is 0. The Balaban J connectivity index is 2.94. The molecule has 0 atom stereocenters. The highest BCUT2D eigenvalue weighted by molar-refractivity contribution is 4.81. The first-order valence-electron chi connectivity index (χ1n) is 4.17. The van der Waals surface area contributed by atoms with Crippen LogP contribution in [0.15, 0.2) is 24.8 Å². The fourth-order valence-corrected chi connectivity index (χ4v) is 0.782. The van der Waals surface area contributed by atoms with E-state index in [1.807, 2.05) is 6.08 Å². The summed E-state index contributed by atoms with van der Waals surface area (Å²) in [6, 6.07) is 0. The lowest BCUT2D eigenvalue weighted by Gasteiger charge is -1.88. The number of allylic oxidation sites excluding steroid dienone is 3. The maximum Gasteiger partial charge on any atom is -0.0348 e. The summed E-state index contributed by atoms with van der Waals surface area (Å²) < 4.78 is 0. The zero-order valence-electron chi connectivity index (χ0n) is 6.97. The van der Waals surface area contributed by atoms with Crippen LogP contribution in [0.2, 0.25) is 0 Å². The van der Waals surface area contributed by atoms with Gasteiger partial charge in [0.15, 0.2) is 0 Å². The largest absolute Gasteiger partial charge is 0.103 e. The van der Waals surface area contributed by atoms with Gasteiger partial charge >= 0.3 is 0 Å².